The van der Waals surface area contributed by atoms with Gasteiger partial charge in [0, 0.05) is 152 Å². The van der Waals surface area contributed by atoms with Crippen molar-refractivity contribution >= 4 is 79.6 Å². The van der Waals surface area contributed by atoms with Crippen molar-refractivity contribution < 1.29 is 0 Å². The third-order valence-electron chi connectivity index (χ3n) is 26.2. The number of hydrogen-bond acceptors (Lipinski definition) is 8. The van der Waals surface area contributed by atoms with Crippen LogP contribution in [0.5, 0.6) is 0 Å². The number of hydrogen-bond donors (Lipinski definition) is 0. The topological polar surface area (TPSA) is 44.2 Å². The molecule has 0 aliphatic carbocycles. The molecular weight excluding hydrogens is 1360 g/mol. The lowest BCUT2D eigenvalue weighted by Gasteiger charge is -2.54. The van der Waals surface area contributed by atoms with Crippen LogP contribution in [-0.4, -0.2) is 39.3 Å². The molecule has 586 valence electrons. The van der Waals surface area contributed by atoms with Crippen LogP contribution in [0.3, 0.4) is 0 Å². The van der Waals surface area contributed by atoms with Gasteiger partial charge in [0.05, 0.1) is 11.4 Å². The van der Waals surface area contributed by atoms with Crippen LogP contribution in [0.2, 0.25) is 0 Å². The van der Waals surface area contributed by atoms with Crippen molar-refractivity contribution in [3.8, 4) is 23.7 Å². The van der Waals surface area contributed by atoms with Gasteiger partial charge in [-0.15, -0.1) is 0 Å². The first kappa shape index (κ1) is 78.6. The Morgan fingerprint density at radius 1 is 0.241 bits per heavy atom. The van der Waals surface area contributed by atoms with Crippen LogP contribution >= 0.6 is 0 Å². The van der Waals surface area contributed by atoms with E-state index in [1.54, 1.807) is 0 Å². The van der Waals surface area contributed by atoms with Crippen LogP contribution in [0, 0.1) is 23.7 Å². The summed E-state index contributed by atoms with van der Waals surface area (Å²) < 4.78 is 0. The number of fused-ring (bicyclic) bond motifs is 2. The van der Waals surface area contributed by atoms with E-state index in [0.717, 1.165) is 113 Å². The Labute approximate surface area is 675 Å². The predicted molar refractivity (Wildman–Crippen MR) is 479 cm³/mol. The molecule has 112 heavy (non-hydrogen) atoms. The van der Waals surface area contributed by atoms with Gasteiger partial charge in [-0.1, -0.05) is 306 Å². The molecule has 7 aliphatic rings. The fourth-order valence-corrected chi connectivity index (χ4v) is 20.4. The van der Waals surface area contributed by atoms with Crippen LogP contribution in [0.1, 0.15) is 328 Å². The van der Waals surface area contributed by atoms with Gasteiger partial charge in [0.1, 0.15) is 10.8 Å². The van der Waals surface area contributed by atoms with Gasteiger partial charge in [-0.25, -0.2) is 0 Å². The second kappa shape index (κ2) is 37.5. The van der Waals surface area contributed by atoms with E-state index in [0.29, 0.717) is 0 Å². The third-order valence-corrected chi connectivity index (χ3v) is 26.2. The number of aryl methyl sites for hydroxylation is 2. The van der Waals surface area contributed by atoms with Gasteiger partial charge >= 0.3 is 0 Å². The summed E-state index contributed by atoms with van der Waals surface area (Å²) >= 11 is 0. The molecule has 0 spiro atoms. The fraction of sp³-hybridized carbons (Fsp3) is 0.500. The Bertz CT molecular complexity index is 3930. The molecule has 0 N–H and O–H groups in total. The molecule has 7 aliphatic heterocycles. The summed E-state index contributed by atoms with van der Waals surface area (Å²) in [5.41, 5.74) is 28.7. The van der Waals surface area contributed by atoms with Crippen LogP contribution in [0.25, 0.3) is 0 Å². The highest BCUT2D eigenvalue weighted by Gasteiger charge is 2.58. The molecule has 7 heterocycles. The SMILES string of the molecule is CCCCCCCCN1c2cccc3c2C2(C#Cc4ccc5c(c4)N=Nc4cc(C#CC67c8c9cccc8N(CCCCCCCC)c8cccc(c86)N(CCCCCCCC)c6cccc(c67)N9CCCCCCCC)ccc4CC5)c4c1cccc4N(CCCCCCCC)c1cccc(c12)N3CCCCCCCC. The van der Waals surface area contributed by atoms with Crippen LogP contribution in [0.4, 0.5) is 79.6 Å². The maximum atomic E-state index is 5.31. The molecule has 0 radical (unpaired) electrons. The summed E-state index contributed by atoms with van der Waals surface area (Å²) in [6, 6.07) is 57.1. The van der Waals surface area contributed by atoms with Crippen molar-refractivity contribution in [2.45, 2.75) is 296 Å². The Kier molecular flexibility index (Phi) is 26.3. The van der Waals surface area contributed by atoms with E-state index in [-0.39, 0.29) is 0 Å². The molecule has 0 atom stereocenters. The quantitative estimate of drug-likeness (QED) is 0.0281. The van der Waals surface area contributed by atoms with Gasteiger partial charge in [0.2, 0.25) is 0 Å². The van der Waals surface area contributed by atoms with E-state index >= 15 is 0 Å². The van der Waals surface area contributed by atoms with Crippen LogP contribution < -0.4 is 29.4 Å². The zero-order chi connectivity index (χ0) is 76.6. The summed E-state index contributed by atoms with van der Waals surface area (Å²) in [4.78, 5) is 16.4. The minimum absolute atomic E-state index is 0.726. The number of nitrogens with zero attached hydrogens (tertiary/aromatic N) is 8. The molecule has 8 aromatic rings. The highest BCUT2D eigenvalue weighted by Crippen LogP contribution is 2.69. The predicted octanol–water partition coefficient (Wildman–Crippen LogP) is 29.8. The van der Waals surface area contributed by atoms with E-state index in [2.05, 4.69) is 240 Å². The van der Waals surface area contributed by atoms with E-state index in [1.807, 2.05) is 0 Å². The van der Waals surface area contributed by atoms with Gasteiger partial charge < -0.3 is 29.4 Å². The van der Waals surface area contributed by atoms with Crippen LogP contribution in [-0.2, 0) is 23.7 Å². The first-order valence-electron chi connectivity index (χ1n) is 45.6. The van der Waals surface area contributed by atoms with Crippen molar-refractivity contribution in [3.63, 3.8) is 0 Å². The van der Waals surface area contributed by atoms with Gasteiger partial charge in [0.25, 0.3) is 0 Å². The number of azo groups is 1. The van der Waals surface area contributed by atoms with Crippen LogP contribution in [0.15, 0.2) is 156 Å². The summed E-state index contributed by atoms with van der Waals surface area (Å²) in [6.07, 6.45) is 47.1. The first-order chi connectivity index (χ1) is 55.4. The number of benzene rings is 8. The van der Waals surface area contributed by atoms with Gasteiger partial charge in [-0.3, -0.25) is 0 Å². The monoisotopic (exact) mass is 1490 g/mol. The molecule has 8 nitrogen and oxygen atoms in total. The fourth-order valence-electron chi connectivity index (χ4n) is 20.4. The summed E-state index contributed by atoms with van der Waals surface area (Å²) in [6.45, 7) is 19.8. The Morgan fingerprint density at radius 2 is 0.429 bits per heavy atom. The zero-order valence-corrected chi connectivity index (χ0v) is 69.5. The third kappa shape index (κ3) is 15.6. The van der Waals surface area contributed by atoms with E-state index in [4.69, 9.17) is 10.2 Å². The summed E-state index contributed by atoms with van der Waals surface area (Å²) in [5, 5.41) is 10.6. The van der Waals surface area contributed by atoms with Crippen molar-refractivity contribution in [2.24, 2.45) is 10.2 Å². The van der Waals surface area contributed by atoms with E-state index < -0.39 is 10.8 Å². The minimum Gasteiger partial charge on any atom is -0.341 e. The highest BCUT2D eigenvalue weighted by atomic mass is 15.2. The molecule has 0 saturated heterocycles. The van der Waals surface area contributed by atoms with Gasteiger partial charge in [0.15, 0.2) is 0 Å². The molecular formula is C104H130N8. The zero-order valence-electron chi connectivity index (χ0n) is 69.5. The lowest BCUT2D eigenvalue weighted by molar-refractivity contribution is 0.598. The second-order valence-corrected chi connectivity index (χ2v) is 33.9. The maximum absolute atomic E-state index is 5.31. The largest absolute Gasteiger partial charge is 0.341 e. The Hall–Kier alpha value is -8.72. The molecule has 8 aromatic carbocycles. The van der Waals surface area contributed by atoms with Gasteiger partial charge in [-0.05, 0) is 160 Å². The first-order valence-corrected chi connectivity index (χ1v) is 45.6. The van der Waals surface area contributed by atoms with Crippen molar-refractivity contribution in [1.82, 2.24) is 0 Å². The smallest absolute Gasteiger partial charge is 0.119 e. The lowest BCUT2D eigenvalue weighted by atomic mass is 9.61. The average molecular weight is 1490 g/mol. The summed E-state index contributed by atoms with van der Waals surface area (Å²) in [5.74, 6) is 16.8. The van der Waals surface area contributed by atoms with Crippen molar-refractivity contribution in [1.29, 1.82) is 0 Å². The summed E-state index contributed by atoms with van der Waals surface area (Å²) in [7, 11) is 0. The minimum atomic E-state index is -0.726. The molecule has 0 fully saturated rings. The highest BCUT2D eigenvalue weighted by molar-refractivity contribution is 6.04. The molecule has 0 aromatic heterocycles. The molecule has 15 rings (SSSR count). The molecule has 0 saturated carbocycles. The van der Waals surface area contributed by atoms with Crippen molar-refractivity contribution in [3.05, 3.63) is 201 Å². The lowest BCUT2D eigenvalue weighted by Crippen LogP contribution is -2.47. The second-order valence-electron chi connectivity index (χ2n) is 33.9. The average Bonchev–Trinajstić information content (AvgIpc) is 0.669. The Balaban J connectivity index is 0.819. The van der Waals surface area contributed by atoms with E-state index in [1.165, 1.54) is 305 Å². The molecule has 8 heteroatoms. The molecule has 0 bridgehead atoms. The Morgan fingerprint density at radius 3 is 0.625 bits per heavy atom. The van der Waals surface area contributed by atoms with Crippen molar-refractivity contribution in [2.75, 3.05) is 68.7 Å². The number of rotatable bonds is 42. The number of unbranched alkanes of at least 4 members (excludes halogenated alkanes) is 30. The number of anilines is 12. The van der Waals surface area contributed by atoms with Gasteiger partial charge in [-0.2, -0.15) is 10.2 Å². The standard InChI is InChI=1S/C104H130N8/c1-7-13-19-25-31-37-71-107-85-49-43-51-87-97(85)103(98-86(107)50-44-52-88(98)109(73-39-33-27-21-15-9-3)90-54-45-53-89(99(90)103)108(87)72-38-32-26-20-14-8-2)69-67-79-61-63-81-65-66-82-64-62-80(78-84(82)106-105-83(81)77-79)68-70-104-100-91-55-46-57-93(100)111(75-41-35-29-23-17-11-5)95-59-48-60-96(102(95)104)112(76-42-36-30-24-18-12-6)94-58-47-56-92(101(94)104)110(91)74-40-34-28-22-16-10-4/h43-64,77-78H,7-42,65-66,71-76H2,1-6H3. The normalized spacial score (nSPS) is 14.7. The van der Waals surface area contributed by atoms with E-state index in [9.17, 15) is 0 Å². The molecule has 0 unspecified atom stereocenters. The maximum Gasteiger partial charge on any atom is 0.119 e. The molecule has 0 amide bonds.